The van der Waals surface area contributed by atoms with Crippen LogP contribution < -0.4 is 5.73 Å². The summed E-state index contributed by atoms with van der Waals surface area (Å²) in [4.78, 5) is 11.3. The van der Waals surface area contributed by atoms with Crippen LogP contribution in [0.3, 0.4) is 0 Å². The molecule has 4 nitrogen and oxygen atoms in total. The van der Waals surface area contributed by atoms with Crippen LogP contribution in [0.4, 0.5) is 5.82 Å². The minimum Gasteiger partial charge on any atom is -0.383 e. The van der Waals surface area contributed by atoms with E-state index in [9.17, 15) is 0 Å². The summed E-state index contributed by atoms with van der Waals surface area (Å²) in [5, 5.41) is 0.962. The predicted octanol–water partition coefficient (Wildman–Crippen LogP) is 3.63. The monoisotopic (exact) mass is 299 g/mol. The number of anilines is 1. The number of rotatable bonds is 3. The summed E-state index contributed by atoms with van der Waals surface area (Å²) >= 11 is 1.64. The van der Waals surface area contributed by atoms with Crippen molar-refractivity contribution in [1.82, 2.24) is 9.97 Å². The molecule has 0 aliphatic rings. The van der Waals surface area contributed by atoms with Crippen LogP contribution in [0.1, 0.15) is 27.9 Å². The first-order valence-corrected chi connectivity index (χ1v) is 7.54. The maximum atomic E-state index is 6.14. The number of nitrogens with zero attached hydrogens (tertiary/aromatic N) is 2. The Balaban J connectivity index is 2.16. The molecule has 2 N–H and O–H groups in total. The normalized spacial score (nSPS) is 12.7. The number of aromatic nitrogens is 2. The fraction of sp³-hybridized carbons (Fsp3) is 0.250. The molecule has 3 aromatic rings. The zero-order valence-corrected chi connectivity index (χ0v) is 13.1. The third kappa shape index (κ3) is 2.39. The maximum Gasteiger partial charge on any atom is 0.165 e. The number of methoxy groups -OCH3 is 1. The minimum atomic E-state index is -0.305. The molecular formula is C16H17N3OS. The number of fused-ring (bicyclic) bond motifs is 1. The predicted molar refractivity (Wildman–Crippen MR) is 86.6 cm³/mol. The van der Waals surface area contributed by atoms with E-state index < -0.39 is 0 Å². The Kier molecular flexibility index (Phi) is 3.61. The average molecular weight is 299 g/mol. The van der Waals surface area contributed by atoms with Gasteiger partial charge in [0.15, 0.2) is 5.82 Å². The Morgan fingerprint density at radius 2 is 1.86 bits per heavy atom. The standard InChI is InChI=1S/C16H17N3OS/c1-9-10(2)21-16-12(9)14(17)18-15(19-16)13(20-3)11-7-5-4-6-8-11/h4-8,13H,1-3H3,(H2,17,18,19). The lowest BCUT2D eigenvalue weighted by Crippen LogP contribution is -2.10. The van der Waals surface area contributed by atoms with Gasteiger partial charge in [-0.2, -0.15) is 0 Å². The van der Waals surface area contributed by atoms with Gasteiger partial charge in [-0.25, -0.2) is 9.97 Å². The van der Waals surface area contributed by atoms with E-state index in [2.05, 4.69) is 23.8 Å². The average Bonchev–Trinajstić information content (AvgIpc) is 2.76. The molecule has 1 atom stereocenters. The second kappa shape index (κ2) is 5.42. The van der Waals surface area contributed by atoms with Crippen molar-refractivity contribution in [3.8, 4) is 0 Å². The van der Waals surface area contributed by atoms with Crippen LogP contribution in [-0.2, 0) is 4.74 Å². The number of hydrogen-bond donors (Lipinski definition) is 1. The molecule has 0 fully saturated rings. The van der Waals surface area contributed by atoms with Crippen LogP contribution in [0.25, 0.3) is 10.2 Å². The number of benzene rings is 1. The Morgan fingerprint density at radius 1 is 1.14 bits per heavy atom. The van der Waals surface area contributed by atoms with Crippen LogP contribution in [0, 0.1) is 13.8 Å². The van der Waals surface area contributed by atoms with Crippen molar-refractivity contribution >= 4 is 27.4 Å². The van der Waals surface area contributed by atoms with E-state index >= 15 is 0 Å². The van der Waals surface area contributed by atoms with Gasteiger partial charge in [0.05, 0.1) is 5.39 Å². The second-order valence-electron chi connectivity index (χ2n) is 4.96. The molecule has 0 radical (unpaired) electrons. The van der Waals surface area contributed by atoms with Gasteiger partial charge in [-0.1, -0.05) is 30.3 Å². The fourth-order valence-corrected chi connectivity index (χ4v) is 3.48. The summed E-state index contributed by atoms with van der Waals surface area (Å²) in [6.07, 6.45) is -0.305. The van der Waals surface area contributed by atoms with E-state index in [1.54, 1.807) is 18.4 Å². The molecule has 0 aliphatic heterocycles. The first kappa shape index (κ1) is 14.0. The molecule has 3 rings (SSSR count). The smallest absolute Gasteiger partial charge is 0.165 e. The zero-order chi connectivity index (χ0) is 15.0. The van der Waals surface area contributed by atoms with Crippen LogP contribution in [0.5, 0.6) is 0 Å². The molecule has 0 amide bonds. The van der Waals surface area contributed by atoms with Crippen molar-refractivity contribution in [2.45, 2.75) is 20.0 Å². The van der Waals surface area contributed by atoms with Gasteiger partial charge >= 0.3 is 0 Å². The third-order valence-corrected chi connectivity index (χ3v) is 4.75. The number of nitrogens with two attached hydrogens (primary N) is 1. The van der Waals surface area contributed by atoms with Crippen LogP contribution in [-0.4, -0.2) is 17.1 Å². The lowest BCUT2D eigenvalue weighted by atomic mass is 10.1. The highest BCUT2D eigenvalue weighted by Crippen LogP contribution is 2.34. The van der Waals surface area contributed by atoms with Crippen molar-refractivity contribution in [1.29, 1.82) is 0 Å². The minimum absolute atomic E-state index is 0.305. The van der Waals surface area contributed by atoms with Gasteiger partial charge in [0.1, 0.15) is 16.8 Å². The Labute approximate surface area is 127 Å². The first-order valence-electron chi connectivity index (χ1n) is 6.72. The van der Waals surface area contributed by atoms with Crippen LogP contribution in [0.2, 0.25) is 0 Å². The highest BCUT2D eigenvalue weighted by Gasteiger charge is 2.20. The molecule has 0 spiro atoms. The van der Waals surface area contributed by atoms with E-state index in [0.29, 0.717) is 11.6 Å². The van der Waals surface area contributed by atoms with Gasteiger partial charge in [-0.05, 0) is 25.0 Å². The molecule has 2 heterocycles. The van der Waals surface area contributed by atoms with Crippen LogP contribution in [0.15, 0.2) is 30.3 Å². The summed E-state index contributed by atoms with van der Waals surface area (Å²) in [5.41, 5.74) is 8.32. The largest absolute Gasteiger partial charge is 0.383 e. The van der Waals surface area contributed by atoms with Crippen molar-refractivity contribution in [3.63, 3.8) is 0 Å². The number of thiophene rings is 1. The lowest BCUT2D eigenvalue weighted by molar-refractivity contribution is 0.129. The highest BCUT2D eigenvalue weighted by atomic mass is 32.1. The molecule has 0 saturated heterocycles. The van der Waals surface area contributed by atoms with Crippen molar-refractivity contribution in [2.24, 2.45) is 0 Å². The van der Waals surface area contributed by atoms with Crippen molar-refractivity contribution in [2.75, 3.05) is 12.8 Å². The quantitative estimate of drug-likeness (QED) is 0.802. The van der Waals surface area contributed by atoms with E-state index in [1.165, 1.54) is 4.88 Å². The molecule has 108 valence electrons. The summed E-state index contributed by atoms with van der Waals surface area (Å²) in [6.45, 7) is 4.13. The summed E-state index contributed by atoms with van der Waals surface area (Å²) in [5.74, 6) is 1.13. The van der Waals surface area contributed by atoms with Gasteiger partial charge in [-0.3, -0.25) is 0 Å². The topological polar surface area (TPSA) is 61.0 Å². The molecule has 21 heavy (non-hydrogen) atoms. The zero-order valence-electron chi connectivity index (χ0n) is 12.3. The van der Waals surface area contributed by atoms with E-state index in [0.717, 1.165) is 21.3 Å². The van der Waals surface area contributed by atoms with E-state index in [-0.39, 0.29) is 6.10 Å². The first-order chi connectivity index (χ1) is 10.1. The van der Waals surface area contributed by atoms with Gasteiger partial charge < -0.3 is 10.5 Å². The molecular weight excluding hydrogens is 282 g/mol. The molecule has 5 heteroatoms. The highest BCUT2D eigenvalue weighted by molar-refractivity contribution is 7.18. The Morgan fingerprint density at radius 3 is 2.52 bits per heavy atom. The van der Waals surface area contributed by atoms with Crippen molar-refractivity contribution in [3.05, 3.63) is 52.2 Å². The molecule has 2 aromatic heterocycles. The number of ether oxygens (including phenoxy) is 1. The molecule has 0 bridgehead atoms. The van der Waals surface area contributed by atoms with Gasteiger partial charge in [0.25, 0.3) is 0 Å². The summed E-state index contributed by atoms with van der Waals surface area (Å²) in [6, 6.07) is 9.93. The molecule has 1 unspecified atom stereocenters. The molecule has 1 aromatic carbocycles. The van der Waals surface area contributed by atoms with Crippen LogP contribution >= 0.6 is 11.3 Å². The summed E-state index contributed by atoms with van der Waals surface area (Å²) < 4.78 is 5.59. The summed E-state index contributed by atoms with van der Waals surface area (Å²) in [7, 11) is 1.66. The number of nitrogen functional groups attached to an aromatic ring is 1. The fourth-order valence-electron chi connectivity index (χ4n) is 2.43. The van der Waals surface area contributed by atoms with E-state index in [4.69, 9.17) is 10.5 Å². The van der Waals surface area contributed by atoms with E-state index in [1.807, 2.05) is 30.3 Å². The lowest BCUT2D eigenvalue weighted by Gasteiger charge is -2.15. The maximum absolute atomic E-state index is 6.14. The second-order valence-corrected chi connectivity index (χ2v) is 6.16. The third-order valence-electron chi connectivity index (χ3n) is 3.65. The van der Waals surface area contributed by atoms with Crippen molar-refractivity contribution < 1.29 is 4.74 Å². The SMILES string of the molecule is COC(c1ccccc1)c1nc(N)c2c(C)c(C)sc2n1. The Bertz CT molecular complexity index is 783. The van der Waals surface area contributed by atoms with Gasteiger partial charge in [0.2, 0.25) is 0 Å². The van der Waals surface area contributed by atoms with Gasteiger partial charge in [-0.15, -0.1) is 11.3 Å². The van der Waals surface area contributed by atoms with Gasteiger partial charge in [0, 0.05) is 12.0 Å². The Hall–Kier alpha value is -1.98. The number of hydrogen-bond acceptors (Lipinski definition) is 5. The molecule has 0 saturated carbocycles. The molecule has 0 aliphatic carbocycles. The number of aryl methyl sites for hydroxylation is 2.